The van der Waals surface area contributed by atoms with Crippen LogP contribution in [0.4, 0.5) is 5.69 Å². The zero-order valence-corrected chi connectivity index (χ0v) is 6.51. The fourth-order valence-electron chi connectivity index (χ4n) is 0.638. The van der Waals surface area contributed by atoms with Crippen molar-refractivity contribution in [2.24, 2.45) is 16.5 Å². The molecule has 0 aromatic carbocycles. The summed E-state index contributed by atoms with van der Waals surface area (Å²) in [7, 11) is 0. The summed E-state index contributed by atoms with van der Waals surface area (Å²) in [6, 6.07) is 0. The lowest BCUT2D eigenvalue weighted by Crippen LogP contribution is -2.21. The molecule has 7 nitrogen and oxygen atoms in total. The molecule has 0 spiro atoms. The number of rotatable bonds is 2. The maximum atomic E-state index is 10.3. The lowest BCUT2D eigenvalue weighted by Gasteiger charge is -1.94. The minimum absolute atomic E-state index is 0.133. The van der Waals surface area contributed by atoms with Gasteiger partial charge in [0.2, 0.25) is 5.82 Å². The molecule has 0 amide bonds. The summed E-state index contributed by atoms with van der Waals surface area (Å²) in [5.74, 6) is -1.63. The van der Waals surface area contributed by atoms with Crippen LogP contribution in [0, 0.1) is 0 Å². The number of carboxylic acids is 1. The second-order valence-corrected chi connectivity index (χ2v) is 2.11. The lowest BCUT2D eigenvalue weighted by molar-refractivity contribution is 0.0683. The molecular weight excluding hydrogens is 174 g/mol. The van der Waals surface area contributed by atoms with Crippen molar-refractivity contribution in [3.8, 4) is 0 Å². The van der Waals surface area contributed by atoms with Crippen LogP contribution in [-0.2, 0) is 0 Å². The van der Waals surface area contributed by atoms with Crippen LogP contribution in [0.1, 0.15) is 10.6 Å². The standard InChI is InChI=1S/C6H7N5O2/c7-6(8)11-3-1-9-4(5(12)13)10-2-3/h1-2H,(H,12,13)(H4,7,8,11). The van der Waals surface area contributed by atoms with Gasteiger partial charge in [-0.15, -0.1) is 0 Å². The van der Waals surface area contributed by atoms with E-state index in [-0.39, 0.29) is 11.8 Å². The Morgan fingerprint density at radius 2 is 1.92 bits per heavy atom. The molecule has 0 saturated carbocycles. The number of carboxylic acid groups (broad SMARTS) is 1. The van der Waals surface area contributed by atoms with Crippen molar-refractivity contribution in [3.05, 3.63) is 18.2 Å². The lowest BCUT2D eigenvalue weighted by atomic mass is 10.5. The van der Waals surface area contributed by atoms with Gasteiger partial charge in [-0.3, -0.25) is 0 Å². The molecule has 0 aliphatic rings. The van der Waals surface area contributed by atoms with E-state index in [1.165, 1.54) is 12.4 Å². The first-order chi connectivity index (χ1) is 6.09. The number of guanidine groups is 1. The second-order valence-electron chi connectivity index (χ2n) is 2.11. The van der Waals surface area contributed by atoms with Crippen LogP contribution < -0.4 is 11.5 Å². The van der Waals surface area contributed by atoms with E-state index in [0.29, 0.717) is 5.69 Å². The SMILES string of the molecule is NC(N)=Nc1cnc(C(=O)O)nc1. The third kappa shape index (κ3) is 2.40. The normalized spacial score (nSPS) is 9.23. The molecule has 0 unspecified atom stereocenters. The molecule has 1 heterocycles. The fraction of sp³-hybridized carbons (Fsp3) is 0. The van der Waals surface area contributed by atoms with Crippen molar-refractivity contribution in [2.75, 3.05) is 0 Å². The molecule has 1 rings (SSSR count). The van der Waals surface area contributed by atoms with Crippen molar-refractivity contribution in [2.45, 2.75) is 0 Å². The maximum Gasteiger partial charge on any atom is 0.373 e. The van der Waals surface area contributed by atoms with E-state index >= 15 is 0 Å². The van der Waals surface area contributed by atoms with E-state index in [1.54, 1.807) is 0 Å². The summed E-state index contributed by atoms with van der Waals surface area (Å²) in [5, 5.41) is 8.45. The number of aromatic nitrogens is 2. The molecule has 5 N–H and O–H groups in total. The highest BCUT2D eigenvalue weighted by Gasteiger charge is 2.04. The van der Waals surface area contributed by atoms with E-state index in [4.69, 9.17) is 16.6 Å². The average Bonchev–Trinajstić information content (AvgIpc) is 2.04. The van der Waals surface area contributed by atoms with Crippen LogP contribution in [0.2, 0.25) is 0 Å². The van der Waals surface area contributed by atoms with Crippen LogP contribution in [0.25, 0.3) is 0 Å². The second kappa shape index (κ2) is 3.48. The van der Waals surface area contributed by atoms with Crippen LogP contribution in [0.3, 0.4) is 0 Å². The van der Waals surface area contributed by atoms with Gasteiger partial charge in [0.1, 0.15) is 5.69 Å². The highest BCUT2D eigenvalue weighted by molar-refractivity contribution is 5.83. The molecule has 0 radical (unpaired) electrons. The minimum Gasteiger partial charge on any atom is -0.475 e. The number of nitrogens with two attached hydrogens (primary N) is 2. The molecule has 0 fully saturated rings. The Bertz CT molecular complexity index is 341. The van der Waals surface area contributed by atoms with E-state index < -0.39 is 5.97 Å². The summed E-state index contributed by atoms with van der Waals surface area (Å²) in [4.78, 5) is 20.9. The van der Waals surface area contributed by atoms with Crippen LogP contribution in [-0.4, -0.2) is 27.0 Å². The Balaban J connectivity index is 2.94. The Morgan fingerprint density at radius 3 is 2.31 bits per heavy atom. The summed E-state index contributed by atoms with van der Waals surface area (Å²) in [6.07, 6.45) is 2.44. The third-order valence-corrected chi connectivity index (χ3v) is 1.09. The molecule has 0 bridgehead atoms. The van der Waals surface area contributed by atoms with Gasteiger partial charge in [0.25, 0.3) is 0 Å². The largest absolute Gasteiger partial charge is 0.475 e. The first-order valence-corrected chi connectivity index (χ1v) is 3.24. The van der Waals surface area contributed by atoms with Gasteiger partial charge in [-0.2, -0.15) is 0 Å². The molecule has 0 aliphatic carbocycles. The monoisotopic (exact) mass is 181 g/mol. The van der Waals surface area contributed by atoms with Gasteiger partial charge in [0, 0.05) is 0 Å². The van der Waals surface area contributed by atoms with E-state index in [2.05, 4.69) is 15.0 Å². The highest BCUT2D eigenvalue weighted by Crippen LogP contribution is 2.06. The number of hydrogen-bond donors (Lipinski definition) is 3. The molecule has 1 aromatic rings. The molecule has 13 heavy (non-hydrogen) atoms. The fourth-order valence-corrected chi connectivity index (χ4v) is 0.638. The van der Waals surface area contributed by atoms with E-state index in [0.717, 1.165) is 0 Å². The zero-order valence-electron chi connectivity index (χ0n) is 6.51. The summed E-state index contributed by atoms with van der Waals surface area (Å²) in [6.45, 7) is 0. The number of aliphatic imine (C=N–C) groups is 1. The predicted molar refractivity (Wildman–Crippen MR) is 44.5 cm³/mol. The van der Waals surface area contributed by atoms with Gasteiger partial charge in [0.15, 0.2) is 5.96 Å². The van der Waals surface area contributed by atoms with Gasteiger partial charge in [-0.05, 0) is 0 Å². The quantitative estimate of drug-likeness (QED) is 0.400. The van der Waals surface area contributed by atoms with Crippen LogP contribution in [0.15, 0.2) is 17.4 Å². The van der Waals surface area contributed by atoms with Gasteiger partial charge >= 0.3 is 5.97 Å². The maximum absolute atomic E-state index is 10.3. The van der Waals surface area contributed by atoms with Crippen LogP contribution >= 0.6 is 0 Å². The first kappa shape index (κ1) is 8.91. The summed E-state index contributed by atoms with van der Waals surface area (Å²) < 4.78 is 0. The minimum atomic E-state index is -1.20. The van der Waals surface area contributed by atoms with Crippen molar-refractivity contribution in [1.29, 1.82) is 0 Å². The Hall–Kier alpha value is -2.18. The molecule has 68 valence electrons. The van der Waals surface area contributed by atoms with E-state index in [9.17, 15) is 4.79 Å². The van der Waals surface area contributed by atoms with Crippen molar-refractivity contribution < 1.29 is 9.90 Å². The average molecular weight is 181 g/mol. The van der Waals surface area contributed by atoms with Crippen molar-refractivity contribution in [3.63, 3.8) is 0 Å². The number of carbonyl (C=O) groups is 1. The topological polar surface area (TPSA) is 127 Å². The van der Waals surface area contributed by atoms with Gasteiger partial charge in [-0.25, -0.2) is 19.8 Å². The highest BCUT2D eigenvalue weighted by atomic mass is 16.4. The predicted octanol–water partition coefficient (Wildman–Crippen LogP) is -0.920. The molecular formula is C6H7N5O2. The summed E-state index contributed by atoms with van der Waals surface area (Å²) >= 11 is 0. The Kier molecular flexibility index (Phi) is 2.38. The Labute approximate surface area is 73.1 Å². The van der Waals surface area contributed by atoms with E-state index in [1.807, 2.05) is 0 Å². The smallest absolute Gasteiger partial charge is 0.373 e. The zero-order chi connectivity index (χ0) is 9.84. The number of aromatic carboxylic acids is 1. The third-order valence-electron chi connectivity index (χ3n) is 1.09. The molecule has 0 atom stereocenters. The molecule has 0 saturated heterocycles. The van der Waals surface area contributed by atoms with Gasteiger partial charge < -0.3 is 16.6 Å². The van der Waals surface area contributed by atoms with Gasteiger partial charge in [0.05, 0.1) is 12.4 Å². The van der Waals surface area contributed by atoms with Crippen molar-refractivity contribution >= 4 is 17.6 Å². The molecule has 1 aromatic heterocycles. The number of hydrogen-bond acceptors (Lipinski definition) is 4. The molecule has 7 heteroatoms. The number of nitrogens with zero attached hydrogens (tertiary/aromatic N) is 3. The Morgan fingerprint density at radius 1 is 1.38 bits per heavy atom. The summed E-state index contributed by atoms with van der Waals surface area (Å²) in [5.41, 5.74) is 10.5. The first-order valence-electron chi connectivity index (χ1n) is 3.24. The van der Waals surface area contributed by atoms with Crippen molar-refractivity contribution in [1.82, 2.24) is 9.97 Å². The molecule has 0 aliphatic heterocycles. The van der Waals surface area contributed by atoms with Crippen LogP contribution in [0.5, 0.6) is 0 Å². The van der Waals surface area contributed by atoms with Gasteiger partial charge in [-0.1, -0.05) is 0 Å².